The van der Waals surface area contributed by atoms with Gasteiger partial charge >= 0.3 is 0 Å². The molecule has 0 aliphatic heterocycles. The zero-order chi connectivity index (χ0) is 16.7. The number of aromatic nitrogens is 2. The summed E-state index contributed by atoms with van der Waals surface area (Å²) in [6, 6.07) is 3.27. The summed E-state index contributed by atoms with van der Waals surface area (Å²) in [6.07, 6.45) is 0. The largest absolute Gasteiger partial charge is 0.272 e. The molecule has 1 heterocycles. The molecule has 1 aromatic carbocycles. The molecule has 120 valence electrons. The Morgan fingerprint density at radius 1 is 1.18 bits per heavy atom. The van der Waals surface area contributed by atoms with Crippen molar-refractivity contribution >= 4 is 21.6 Å². The van der Waals surface area contributed by atoms with Gasteiger partial charge in [-0.1, -0.05) is 11.6 Å². The van der Waals surface area contributed by atoms with Gasteiger partial charge in [-0.2, -0.15) is 5.10 Å². The molecule has 0 unspecified atom stereocenters. The van der Waals surface area contributed by atoms with Crippen LogP contribution in [0, 0.1) is 27.7 Å². The van der Waals surface area contributed by atoms with Crippen LogP contribution in [-0.4, -0.2) is 18.2 Å². The third kappa shape index (κ3) is 3.19. The minimum Gasteiger partial charge on any atom is -0.272 e. The van der Waals surface area contributed by atoms with Crippen molar-refractivity contribution in [3.05, 3.63) is 45.2 Å². The normalized spacial score (nSPS) is 11.9. The SMILES string of the molecule is Cc1cc(S(=O)(=O)NCc2c(C)nn(C)c2C)c(C)cc1Cl. The Morgan fingerprint density at radius 2 is 1.82 bits per heavy atom. The molecule has 2 aromatic rings. The van der Waals surface area contributed by atoms with E-state index in [2.05, 4.69) is 9.82 Å². The molecule has 0 aliphatic rings. The molecule has 1 aromatic heterocycles. The highest BCUT2D eigenvalue weighted by Crippen LogP contribution is 2.24. The Hall–Kier alpha value is -1.37. The first kappa shape index (κ1) is 17.0. The first-order valence-electron chi connectivity index (χ1n) is 6.89. The van der Waals surface area contributed by atoms with Crippen LogP contribution < -0.4 is 4.72 Å². The van der Waals surface area contributed by atoms with Crippen LogP contribution in [0.15, 0.2) is 17.0 Å². The van der Waals surface area contributed by atoms with Gasteiger partial charge < -0.3 is 0 Å². The molecule has 0 amide bonds. The van der Waals surface area contributed by atoms with Crippen molar-refractivity contribution in [2.45, 2.75) is 39.1 Å². The topological polar surface area (TPSA) is 64.0 Å². The van der Waals surface area contributed by atoms with Crippen LogP contribution >= 0.6 is 11.6 Å². The monoisotopic (exact) mass is 341 g/mol. The highest BCUT2D eigenvalue weighted by Gasteiger charge is 2.19. The summed E-state index contributed by atoms with van der Waals surface area (Å²) < 4.78 is 29.5. The van der Waals surface area contributed by atoms with Crippen LogP contribution in [0.2, 0.25) is 5.02 Å². The molecule has 0 atom stereocenters. The van der Waals surface area contributed by atoms with E-state index in [1.165, 1.54) is 0 Å². The number of rotatable bonds is 4. The Morgan fingerprint density at radius 3 is 2.36 bits per heavy atom. The van der Waals surface area contributed by atoms with E-state index in [1.54, 1.807) is 30.7 Å². The van der Waals surface area contributed by atoms with E-state index >= 15 is 0 Å². The molecule has 0 spiro atoms. The molecule has 0 bridgehead atoms. The molecule has 22 heavy (non-hydrogen) atoms. The van der Waals surface area contributed by atoms with Crippen molar-refractivity contribution in [1.29, 1.82) is 0 Å². The third-order valence-electron chi connectivity index (χ3n) is 3.84. The quantitative estimate of drug-likeness (QED) is 0.930. The maximum Gasteiger partial charge on any atom is 0.241 e. The van der Waals surface area contributed by atoms with Crippen molar-refractivity contribution < 1.29 is 8.42 Å². The van der Waals surface area contributed by atoms with Crippen LogP contribution in [0.4, 0.5) is 0 Å². The van der Waals surface area contributed by atoms with Gasteiger partial charge in [0.1, 0.15) is 0 Å². The number of nitrogens with one attached hydrogen (secondary N) is 1. The summed E-state index contributed by atoms with van der Waals surface area (Å²) in [5.74, 6) is 0. The summed E-state index contributed by atoms with van der Waals surface area (Å²) in [7, 11) is -1.76. The predicted molar refractivity (Wildman–Crippen MR) is 87.6 cm³/mol. The molecule has 0 saturated heterocycles. The van der Waals surface area contributed by atoms with Gasteiger partial charge in [-0.3, -0.25) is 4.68 Å². The molecular weight excluding hydrogens is 322 g/mol. The van der Waals surface area contributed by atoms with Gasteiger partial charge in [0.2, 0.25) is 10.0 Å². The lowest BCUT2D eigenvalue weighted by Crippen LogP contribution is -2.24. The first-order valence-corrected chi connectivity index (χ1v) is 8.75. The summed E-state index contributed by atoms with van der Waals surface area (Å²) in [5, 5.41) is 4.86. The maximum atomic E-state index is 12.5. The number of aryl methyl sites for hydroxylation is 4. The van der Waals surface area contributed by atoms with Gasteiger partial charge in [-0.15, -0.1) is 0 Å². The van der Waals surface area contributed by atoms with Crippen molar-refractivity contribution in [1.82, 2.24) is 14.5 Å². The van der Waals surface area contributed by atoms with Crippen LogP contribution in [0.1, 0.15) is 28.1 Å². The average Bonchev–Trinajstić information content (AvgIpc) is 2.65. The standard InChI is InChI=1S/C15H20ClN3O2S/c1-9-7-15(10(2)6-14(9)16)22(20,21)17-8-13-11(3)18-19(5)12(13)4/h6-7,17H,8H2,1-5H3. The second kappa shape index (κ2) is 6.02. The zero-order valence-electron chi connectivity index (χ0n) is 13.4. The number of hydrogen-bond acceptors (Lipinski definition) is 3. The van der Waals surface area contributed by atoms with Crippen molar-refractivity contribution in [3.8, 4) is 0 Å². The van der Waals surface area contributed by atoms with E-state index in [4.69, 9.17) is 11.6 Å². The molecule has 0 fully saturated rings. The predicted octanol–water partition coefficient (Wildman–Crippen LogP) is 2.79. The Balaban J connectivity index is 2.31. The molecule has 2 rings (SSSR count). The van der Waals surface area contributed by atoms with E-state index < -0.39 is 10.0 Å². The molecule has 1 N–H and O–H groups in total. The Kier molecular flexibility index (Phi) is 4.65. The zero-order valence-corrected chi connectivity index (χ0v) is 14.9. The molecule has 7 heteroatoms. The molecule has 5 nitrogen and oxygen atoms in total. The summed E-state index contributed by atoms with van der Waals surface area (Å²) in [5.41, 5.74) is 4.04. The van der Waals surface area contributed by atoms with Crippen LogP contribution in [-0.2, 0) is 23.6 Å². The summed E-state index contributed by atoms with van der Waals surface area (Å²) in [6.45, 7) is 7.53. The van der Waals surface area contributed by atoms with Crippen molar-refractivity contribution in [2.75, 3.05) is 0 Å². The number of benzene rings is 1. The summed E-state index contributed by atoms with van der Waals surface area (Å²) in [4.78, 5) is 0.258. The third-order valence-corrected chi connectivity index (χ3v) is 5.79. The van der Waals surface area contributed by atoms with E-state index in [-0.39, 0.29) is 11.4 Å². The smallest absolute Gasteiger partial charge is 0.241 e. The van der Waals surface area contributed by atoms with Crippen LogP contribution in [0.25, 0.3) is 0 Å². The van der Waals surface area contributed by atoms with E-state index in [9.17, 15) is 8.42 Å². The van der Waals surface area contributed by atoms with Gasteiger partial charge in [-0.25, -0.2) is 13.1 Å². The summed E-state index contributed by atoms with van der Waals surface area (Å²) >= 11 is 6.03. The van der Waals surface area contributed by atoms with Gasteiger partial charge in [0, 0.05) is 29.9 Å². The van der Waals surface area contributed by atoms with Crippen molar-refractivity contribution in [2.24, 2.45) is 7.05 Å². The molecule has 0 saturated carbocycles. The lowest BCUT2D eigenvalue weighted by Gasteiger charge is -2.11. The van der Waals surface area contributed by atoms with Crippen LogP contribution in [0.5, 0.6) is 0 Å². The fourth-order valence-electron chi connectivity index (χ4n) is 2.36. The lowest BCUT2D eigenvalue weighted by atomic mass is 10.2. The van der Waals surface area contributed by atoms with Crippen LogP contribution in [0.3, 0.4) is 0 Å². The number of halogens is 1. The molecular formula is C15H20ClN3O2S. The van der Waals surface area contributed by atoms with Gasteiger partial charge in [0.15, 0.2) is 0 Å². The van der Waals surface area contributed by atoms with E-state index in [0.717, 1.165) is 22.5 Å². The number of nitrogens with zero attached hydrogens (tertiary/aromatic N) is 2. The van der Waals surface area contributed by atoms with E-state index in [1.807, 2.05) is 20.9 Å². The van der Waals surface area contributed by atoms with Gasteiger partial charge in [-0.05, 0) is 51.0 Å². The lowest BCUT2D eigenvalue weighted by molar-refractivity contribution is 0.580. The average molecular weight is 342 g/mol. The van der Waals surface area contributed by atoms with Gasteiger partial charge in [0.25, 0.3) is 0 Å². The minimum absolute atomic E-state index is 0.217. The van der Waals surface area contributed by atoms with Gasteiger partial charge in [0.05, 0.1) is 10.6 Å². The maximum absolute atomic E-state index is 12.5. The fourth-order valence-corrected chi connectivity index (χ4v) is 3.89. The minimum atomic E-state index is -3.60. The Bertz CT molecular complexity index is 826. The highest BCUT2D eigenvalue weighted by atomic mass is 35.5. The fraction of sp³-hybridized carbons (Fsp3) is 0.400. The number of sulfonamides is 1. The highest BCUT2D eigenvalue weighted by molar-refractivity contribution is 7.89. The number of hydrogen-bond donors (Lipinski definition) is 1. The van der Waals surface area contributed by atoms with Crippen molar-refractivity contribution in [3.63, 3.8) is 0 Å². The second-order valence-corrected chi connectivity index (χ2v) is 7.61. The first-order chi connectivity index (χ1) is 10.1. The second-order valence-electron chi connectivity index (χ2n) is 5.46. The molecule has 0 aliphatic carbocycles. The molecule has 0 radical (unpaired) electrons. The van der Waals surface area contributed by atoms with E-state index in [0.29, 0.717) is 10.6 Å². The Labute approximate surface area is 136 Å².